The number of para-hydroxylation sites is 2. The molecule has 0 spiro atoms. The van der Waals surface area contributed by atoms with Gasteiger partial charge in [0.2, 0.25) is 0 Å². The van der Waals surface area contributed by atoms with Crippen molar-refractivity contribution in [2.24, 2.45) is 5.92 Å². The van der Waals surface area contributed by atoms with E-state index in [1.165, 1.54) is 0 Å². The number of methoxy groups -OCH3 is 1. The summed E-state index contributed by atoms with van der Waals surface area (Å²) in [6.45, 7) is 6.75. The molecule has 0 atom stereocenters. The van der Waals surface area contributed by atoms with Crippen molar-refractivity contribution in [2.45, 2.75) is 33.6 Å². The Morgan fingerprint density at radius 2 is 1.96 bits per heavy atom. The van der Waals surface area contributed by atoms with E-state index in [0.717, 1.165) is 6.42 Å². The van der Waals surface area contributed by atoms with Crippen LogP contribution in [0.2, 0.25) is 0 Å². The van der Waals surface area contributed by atoms with Gasteiger partial charge in [0.1, 0.15) is 23.7 Å². The third-order valence-electron chi connectivity index (χ3n) is 4.08. The predicted molar refractivity (Wildman–Crippen MR) is 105 cm³/mol. The molecule has 1 aromatic heterocycles. The molecular formula is C21H27NO5. The van der Waals surface area contributed by atoms with Crippen molar-refractivity contribution in [3.8, 4) is 5.75 Å². The van der Waals surface area contributed by atoms with Crippen LogP contribution in [0.25, 0.3) is 0 Å². The third kappa shape index (κ3) is 5.96. The smallest absolute Gasteiger partial charge is 0.349 e. The summed E-state index contributed by atoms with van der Waals surface area (Å²) in [5.74, 6) is 1.11. The minimum Gasteiger partial charge on any atom is -0.489 e. The molecule has 0 saturated carbocycles. The number of carbonyl (C=O) groups is 1. The molecule has 0 aliphatic rings. The highest BCUT2D eigenvalue weighted by atomic mass is 16.5. The van der Waals surface area contributed by atoms with Crippen molar-refractivity contribution in [1.82, 2.24) is 0 Å². The molecule has 0 aliphatic carbocycles. The van der Waals surface area contributed by atoms with Crippen LogP contribution in [0.3, 0.4) is 0 Å². The van der Waals surface area contributed by atoms with Gasteiger partial charge in [-0.1, -0.05) is 26.0 Å². The maximum atomic E-state index is 12.7. The Bertz CT molecular complexity index is 826. The number of hydrogen-bond acceptors (Lipinski definition) is 5. The van der Waals surface area contributed by atoms with E-state index >= 15 is 0 Å². The van der Waals surface area contributed by atoms with Crippen LogP contribution in [0.5, 0.6) is 5.75 Å². The summed E-state index contributed by atoms with van der Waals surface area (Å²) in [6, 6.07) is 8.81. The van der Waals surface area contributed by atoms with E-state index in [9.17, 15) is 9.59 Å². The molecule has 0 radical (unpaired) electrons. The summed E-state index contributed by atoms with van der Waals surface area (Å²) in [5.41, 5.74) is 0.473. The van der Waals surface area contributed by atoms with E-state index < -0.39 is 11.5 Å². The lowest BCUT2D eigenvalue weighted by Crippen LogP contribution is -2.23. The van der Waals surface area contributed by atoms with Crippen molar-refractivity contribution in [3.63, 3.8) is 0 Å². The molecule has 0 bridgehead atoms. The molecule has 1 heterocycles. The van der Waals surface area contributed by atoms with Crippen LogP contribution in [-0.4, -0.2) is 26.2 Å². The molecule has 1 amide bonds. The van der Waals surface area contributed by atoms with Crippen molar-refractivity contribution in [3.05, 3.63) is 57.6 Å². The van der Waals surface area contributed by atoms with Gasteiger partial charge in [-0.25, -0.2) is 4.79 Å². The zero-order valence-corrected chi connectivity index (χ0v) is 16.3. The fourth-order valence-electron chi connectivity index (χ4n) is 2.62. The second kappa shape index (κ2) is 9.92. The average Bonchev–Trinajstić information content (AvgIpc) is 2.61. The van der Waals surface area contributed by atoms with Crippen LogP contribution in [0.4, 0.5) is 5.69 Å². The Morgan fingerprint density at radius 3 is 2.63 bits per heavy atom. The molecule has 0 fully saturated rings. The van der Waals surface area contributed by atoms with E-state index in [4.69, 9.17) is 13.9 Å². The van der Waals surface area contributed by atoms with E-state index in [1.54, 1.807) is 44.4 Å². The maximum Gasteiger partial charge on any atom is 0.349 e. The van der Waals surface area contributed by atoms with Crippen LogP contribution in [0.15, 0.2) is 39.5 Å². The van der Waals surface area contributed by atoms with E-state index in [2.05, 4.69) is 19.2 Å². The molecule has 1 N–H and O–H groups in total. The van der Waals surface area contributed by atoms with Gasteiger partial charge in [-0.2, -0.15) is 0 Å². The van der Waals surface area contributed by atoms with Crippen molar-refractivity contribution in [1.29, 1.82) is 0 Å². The average molecular weight is 373 g/mol. The van der Waals surface area contributed by atoms with Crippen molar-refractivity contribution in [2.75, 3.05) is 25.6 Å². The van der Waals surface area contributed by atoms with Crippen LogP contribution >= 0.6 is 0 Å². The second-order valence-electron chi connectivity index (χ2n) is 6.78. The molecule has 0 saturated heterocycles. The third-order valence-corrected chi connectivity index (χ3v) is 4.08. The van der Waals surface area contributed by atoms with E-state index in [1.807, 2.05) is 0 Å². The lowest BCUT2D eigenvalue weighted by molar-refractivity contribution is 0.102. The first-order valence-corrected chi connectivity index (χ1v) is 9.08. The highest BCUT2D eigenvalue weighted by molar-refractivity contribution is 6.05. The van der Waals surface area contributed by atoms with E-state index in [-0.39, 0.29) is 5.56 Å². The zero-order chi connectivity index (χ0) is 19.8. The number of amides is 1. The number of aryl methyl sites for hydroxylation is 2. The summed E-state index contributed by atoms with van der Waals surface area (Å²) in [6.07, 6.45) is 1.59. The molecule has 2 aromatic rings. The van der Waals surface area contributed by atoms with Gasteiger partial charge < -0.3 is 19.2 Å². The SMILES string of the molecule is COCCOc1ccccc1NC(=O)c1c(C)cc(CCC(C)C)oc1=O. The highest BCUT2D eigenvalue weighted by Gasteiger charge is 2.18. The molecule has 0 aliphatic heterocycles. The summed E-state index contributed by atoms with van der Waals surface area (Å²) in [5, 5.41) is 2.74. The normalized spacial score (nSPS) is 10.9. The quantitative estimate of drug-likeness (QED) is 0.676. The number of hydrogen-bond donors (Lipinski definition) is 1. The van der Waals surface area contributed by atoms with Crippen molar-refractivity contribution < 1.29 is 18.7 Å². The summed E-state index contributed by atoms with van der Waals surface area (Å²) >= 11 is 0. The van der Waals surface area contributed by atoms with Gasteiger partial charge in [0.05, 0.1) is 12.3 Å². The Morgan fingerprint density at radius 1 is 1.22 bits per heavy atom. The van der Waals surface area contributed by atoms with Crippen LogP contribution in [0, 0.1) is 12.8 Å². The Hall–Kier alpha value is -2.60. The fourth-order valence-corrected chi connectivity index (χ4v) is 2.62. The molecule has 27 heavy (non-hydrogen) atoms. The minimum atomic E-state index is -0.621. The van der Waals surface area contributed by atoms with Gasteiger partial charge >= 0.3 is 5.63 Å². The predicted octanol–water partition coefficient (Wildman–Crippen LogP) is 3.81. The first-order valence-electron chi connectivity index (χ1n) is 9.08. The molecule has 1 aromatic carbocycles. The van der Waals surface area contributed by atoms with Crippen LogP contribution < -0.4 is 15.7 Å². The fraction of sp³-hybridized carbons (Fsp3) is 0.429. The van der Waals surface area contributed by atoms with Gasteiger partial charge in [-0.15, -0.1) is 0 Å². The number of rotatable bonds is 9. The molecule has 2 rings (SSSR count). The Labute approximate surface area is 159 Å². The van der Waals surface area contributed by atoms with Gasteiger partial charge in [0.25, 0.3) is 5.91 Å². The highest BCUT2D eigenvalue weighted by Crippen LogP contribution is 2.24. The van der Waals surface area contributed by atoms with Crippen molar-refractivity contribution >= 4 is 11.6 Å². The summed E-state index contributed by atoms with van der Waals surface area (Å²) < 4.78 is 15.9. The summed E-state index contributed by atoms with van der Waals surface area (Å²) in [4.78, 5) is 25.0. The minimum absolute atomic E-state index is 0.00925. The number of carbonyl (C=O) groups excluding carboxylic acids is 1. The van der Waals surface area contributed by atoms with Crippen LogP contribution in [0.1, 0.15) is 41.9 Å². The molecule has 6 heteroatoms. The monoisotopic (exact) mass is 373 g/mol. The van der Waals surface area contributed by atoms with E-state index in [0.29, 0.717) is 48.3 Å². The number of nitrogens with one attached hydrogen (secondary N) is 1. The standard InChI is InChI=1S/C21H27NO5/c1-14(2)9-10-16-13-15(3)19(21(24)27-16)20(23)22-17-7-5-6-8-18(17)26-12-11-25-4/h5-8,13-14H,9-12H2,1-4H3,(H,22,23). The Kier molecular flexibility index (Phi) is 7.61. The molecule has 146 valence electrons. The van der Waals surface area contributed by atoms with Gasteiger partial charge in [0, 0.05) is 13.5 Å². The number of ether oxygens (including phenoxy) is 2. The lowest BCUT2D eigenvalue weighted by atomic mass is 10.0. The second-order valence-corrected chi connectivity index (χ2v) is 6.78. The first-order chi connectivity index (χ1) is 12.9. The largest absolute Gasteiger partial charge is 0.489 e. The molecule has 6 nitrogen and oxygen atoms in total. The lowest BCUT2D eigenvalue weighted by Gasteiger charge is -2.13. The first kappa shape index (κ1) is 20.7. The topological polar surface area (TPSA) is 77.8 Å². The maximum absolute atomic E-state index is 12.7. The Balaban J connectivity index is 2.18. The summed E-state index contributed by atoms with van der Waals surface area (Å²) in [7, 11) is 1.59. The molecular weight excluding hydrogens is 346 g/mol. The number of benzene rings is 1. The van der Waals surface area contributed by atoms with Gasteiger partial charge in [-0.3, -0.25) is 4.79 Å². The van der Waals surface area contributed by atoms with Crippen LogP contribution in [-0.2, 0) is 11.2 Å². The number of anilines is 1. The zero-order valence-electron chi connectivity index (χ0n) is 16.3. The van der Waals surface area contributed by atoms with Gasteiger partial charge in [-0.05, 0) is 43.0 Å². The van der Waals surface area contributed by atoms with Gasteiger partial charge in [0.15, 0.2) is 0 Å². The molecule has 0 unspecified atom stereocenters.